The summed E-state index contributed by atoms with van der Waals surface area (Å²) in [5, 5.41) is 3.80. The molecule has 0 aromatic carbocycles. The average Bonchev–Trinajstić information content (AvgIpc) is 3.23. The van der Waals surface area contributed by atoms with Crippen molar-refractivity contribution in [2.45, 2.75) is 44.7 Å². The molecule has 0 spiro atoms. The Labute approximate surface area is 117 Å². The molecule has 1 N–H and O–H groups in total. The van der Waals surface area contributed by atoms with Crippen LogP contribution in [0.1, 0.15) is 33.1 Å². The van der Waals surface area contributed by atoms with Gasteiger partial charge in [-0.05, 0) is 32.1 Å². The zero-order valence-electron chi connectivity index (χ0n) is 12.8. The lowest BCUT2D eigenvalue weighted by Crippen LogP contribution is -2.64. The van der Waals surface area contributed by atoms with Gasteiger partial charge < -0.3 is 14.8 Å². The molecule has 2 unspecified atom stereocenters. The summed E-state index contributed by atoms with van der Waals surface area (Å²) in [4.78, 5) is 2.63. The molecule has 0 radical (unpaired) electrons. The first kappa shape index (κ1) is 15.2. The molecule has 19 heavy (non-hydrogen) atoms. The minimum atomic E-state index is 0.332. The van der Waals surface area contributed by atoms with Gasteiger partial charge in [-0.1, -0.05) is 6.92 Å². The largest absolute Gasteiger partial charge is 0.382 e. The number of piperazine rings is 1. The van der Waals surface area contributed by atoms with Gasteiger partial charge in [-0.25, -0.2) is 0 Å². The van der Waals surface area contributed by atoms with E-state index in [1.165, 1.54) is 25.8 Å². The predicted octanol–water partition coefficient (Wildman–Crippen LogP) is 1.50. The van der Waals surface area contributed by atoms with Gasteiger partial charge in [0.1, 0.15) is 0 Å². The third-order valence-corrected chi connectivity index (χ3v) is 4.69. The standard InChI is InChI=1S/C15H30N2O2/c1-4-14-11-16-15(2,13-5-6-13)12-17(14)7-8-19-10-9-18-3/h13-14,16H,4-12H2,1-3H3. The monoisotopic (exact) mass is 270 g/mol. The Kier molecular flexibility index (Phi) is 5.63. The number of ether oxygens (including phenoxy) is 2. The Morgan fingerprint density at radius 1 is 1.26 bits per heavy atom. The molecule has 1 aliphatic carbocycles. The Hall–Kier alpha value is -0.160. The normalized spacial score (nSPS) is 32.7. The van der Waals surface area contributed by atoms with Crippen LogP contribution in [0.4, 0.5) is 0 Å². The molecule has 1 heterocycles. The van der Waals surface area contributed by atoms with Crippen LogP contribution in [0.5, 0.6) is 0 Å². The summed E-state index contributed by atoms with van der Waals surface area (Å²) in [5.41, 5.74) is 0.332. The van der Waals surface area contributed by atoms with E-state index in [0.29, 0.717) is 24.8 Å². The quantitative estimate of drug-likeness (QED) is 0.678. The molecule has 112 valence electrons. The minimum Gasteiger partial charge on any atom is -0.382 e. The van der Waals surface area contributed by atoms with Crippen LogP contribution >= 0.6 is 0 Å². The molecule has 2 aliphatic rings. The van der Waals surface area contributed by atoms with Crippen LogP contribution in [-0.4, -0.2) is 63.0 Å². The fourth-order valence-electron chi connectivity index (χ4n) is 3.17. The van der Waals surface area contributed by atoms with E-state index < -0.39 is 0 Å². The van der Waals surface area contributed by atoms with Crippen LogP contribution in [0, 0.1) is 5.92 Å². The highest BCUT2D eigenvalue weighted by molar-refractivity contribution is 5.03. The average molecular weight is 270 g/mol. The Balaban J connectivity index is 1.77. The summed E-state index contributed by atoms with van der Waals surface area (Å²) in [6.07, 6.45) is 4.02. The highest BCUT2D eigenvalue weighted by Crippen LogP contribution is 2.41. The lowest BCUT2D eigenvalue weighted by Gasteiger charge is -2.46. The van der Waals surface area contributed by atoms with E-state index in [1.54, 1.807) is 7.11 Å². The molecule has 4 heteroatoms. The summed E-state index contributed by atoms with van der Waals surface area (Å²) in [5.74, 6) is 0.891. The maximum absolute atomic E-state index is 5.63. The van der Waals surface area contributed by atoms with E-state index in [0.717, 1.165) is 25.6 Å². The highest BCUT2D eigenvalue weighted by Gasteiger charge is 2.45. The summed E-state index contributed by atoms with van der Waals surface area (Å²) < 4.78 is 10.6. The maximum Gasteiger partial charge on any atom is 0.0700 e. The Morgan fingerprint density at radius 2 is 2.05 bits per heavy atom. The van der Waals surface area contributed by atoms with Crippen molar-refractivity contribution in [3.05, 3.63) is 0 Å². The molecule has 1 saturated heterocycles. The zero-order chi connectivity index (χ0) is 13.7. The molecule has 0 aromatic rings. The van der Waals surface area contributed by atoms with Crippen LogP contribution in [0.25, 0.3) is 0 Å². The molecular weight excluding hydrogens is 240 g/mol. The molecule has 0 amide bonds. The topological polar surface area (TPSA) is 33.7 Å². The third kappa shape index (κ3) is 4.15. The van der Waals surface area contributed by atoms with Crippen molar-refractivity contribution in [2.75, 3.05) is 46.6 Å². The van der Waals surface area contributed by atoms with Crippen molar-refractivity contribution < 1.29 is 9.47 Å². The summed E-state index contributed by atoms with van der Waals surface area (Å²) in [7, 11) is 1.72. The highest BCUT2D eigenvalue weighted by atomic mass is 16.5. The fourth-order valence-corrected chi connectivity index (χ4v) is 3.17. The van der Waals surface area contributed by atoms with Gasteiger partial charge in [-0.15, -0.1) is 0 Å². The van der Waals surface area contributed by atoms with Crippen molar-refractivity contribution in [1.29, 1.82) is 0 Å². The van der Waals surface area contributed by atoms with Gasteiger partial charge >= 0.3 is 0 Å². The van der Waals surface area contributed by atoms with Crippen molar-refractivity contribution in [3.8, 4) is 0 Å². The maximum atomic E-state index is 5.63. The van der Waals surface area contributed by atoms with E-state index >= 15 is 0 Å². The van der Waals surface area contributed by atoms with Gasteiger partial charge in [-0.3, -0.25) is 4.90 Å². The molecule has 1 aliphatic heterocycles. The van der Waals surface area contributed by atoms with Gasteiger partial charge in [0, 0.05) is 38.3 Å². The van der Waals surface area contributed by atoms with Crippen molar-refractivity contribution in [3.63, 3.8) is 0 Å². The van der Waals surface area contributed by atoms with Crippen molar-refractivity contribution >= 4 is 0 Å². The molecule has 0 aromatic heterocycles. The Morgan fingerprint density at radius 3 is 2.68 bits per heavy atom. The number of hydrogen-bond acceptors (Lipinski definition) is 4. The van der Waals surface area contributed by atoms with Crippen LogP contribution in [0.3, 0.4) is 0 Å². The predicted molar refractivity (Wildman–Crippen MR) is 77.5 cm³/mol. The number of nitrogens with one attached hydrogen (secondary N) is 1. The molecular formula is C15H30N2O2. The molecule has 0 bridgehead atoms. The second-order valence-corrected chi connectivity index (χ2v) is 6.21. The van der Waals surface area contributed by atoms with Crippen LogP contribution in [0.2, 0.25) is 0 Å². The first-order chi connectivity index (χ1) is 9.19. The lowest BCUT2D eigenvalue weighted by molar-refractivity contribution is 0.0228. The summed E-state index contributed by atoms with van der Waals surface area (Å²) in [6.45, 7) is 10.2. The number of hydrogen-bond donors (Lipinski definition) is 1. The summed E-state index contributed by atoms with van der Waals surface area (Å²) >= 11 is 0. The van der Waals surface area contributed by atoms with Gasteiger partial charge in [0.15, 0.2) is 0 Å². The second kappa shape index (κ2) is 7.02. The SMILES string of the molecule is CCC1CNC(C)(C2CC2)CN1CCOCCOC. The molecule has 1 saturated carbocycles. The van der Waals surface area contributed by atoms with Gasteiger partial charge in [-0.2, -0.15) is 0 Å². The minimum absolute atomic E-state index is 0.332. The van der Waals surface area contributed by atoms with E-state index in [1.807, 2.05) is 0 Å². The molecule has 4 nitrogen and oxygen atoms in total. The summed E-state index contributed by atoms with van der Waals surface area (Å²) in [6, 6.07) is 0.665. The molecule has 2 atom stereocenters. The van der Waals surface area contributed by atoms with Crippen molar-refractivity contribution in [2.24, 2.45) is 5.92 Å². The Bertz CT molecular complexity index is 271. The zero-order valence-corrected chi connectivity index (χ0v) is 12.8. The van der Waals surface area contributed by atoms with Crippen LogP contribution < -0.4 is 5.32 Å². The van der Waals surface area contributed by atoms with Gasteiger partial charge in [0.2, 0.25) is 0 Å². The van der Waals surface area contributed by atoms with Gasteiger partial charge in [0.05, 0.1) is 19.8 Å². The van der Waals surface area contributed by atoms with E-state index in [9.17, 15) is 0 Å². The number of methoxy groups -OCH3 is 1. The molecule has 2 fully saturated rings. The second-order valence-electron chi connectivity index (χ2n) is 6.21. The number of nitrogens with zero attached hydrogens (tertiary/aromatic N) is 1. The lowest BCUT2D eigenvalue weighted by atomic mass is 9.90. The number of rotatable bonds is 8. The van der Waals surface area contributed by atoms with E-state index in [2.05, 4.69) is 24.1 Å². The molecule has 2 rings (SSSR count). The van der Waals surface area contributed by atoms with Gasteiger partial charge in [0.25, 0.3) is 0 Å². The fraction of sp³-hybridized carbons (Fsp3) is 1.00. The van der Waals surface area contributed by atoms with Crippen LogP contribution in [0.15, 0.2) is 0 Å². The first-order valence-corrected chi connectivity index (χ1v) is 7.75. The smallest absolute Gasteiger partial charge is 0.0700 e. The van der Waals surface area contributed by atoms with Crippen LogP contribution in [-0.2, 0) is 9.47 Å². The van der Waals surface area contributed by atoms with E-state index in [-0.39, 0.29) is 0 Å². The van der Waals surface area contributed by atoms with E-state index in [4.69, 9.17) is 9.47 Å². The third-order valence-electron chi connectivity index (χ3n) is 4.69. The van der Waals surface area contributed by atoms with Crippen molar-refractivity contribution in [1.82, 2.24) is 10.2 Å². The first-order valence-electron chi connectivity index (χ1n) is 7.75.